The Morgan fingerprint density at radius 2 is 2.05 bits per heavy atom. The van der Waals surface area contributed by atoms with Crippen molar-refractivity contribution in [3.8, 4) is 0 Å². The SMILES string of the molecule is CCOCCCNC(N)=NCC1(c2ccc(Cl)cc2)CC1.I. The molecular weight excluding hydrogens is 413 g/mol. The molecule has 0 saturated heterocycles. The first kappa shape index (κ1) is 19.5. The largest absolute Gasteiger partial charge is 0.382 e. The van der Waals surface area contributed by atoms with Gasteiger partial charge in [-0.1, -0.05) is 23.7 Å². The number of aliphatic imine (C=N–C) groups is 1. The topological polar surface area (TPSA) is 59.6 Å². The van der Waals surface area contributed by atoms with Gasteiger partial charge in [0.15, 0.2) is 5.96 Å². The van der Waals surface area contributed by atoms with Gasteiger partial charge in [-0.25, -0.2) is 0 Å². The van der Waals surface area contributed by atoms with Crippen LogP contribution < -0.4 is 11.1 Å². The number of guanidine groups is 1. The van der Waals surface area contributed by atoms with Gasteiger partial charge >= 0.3 is 0 Å². The summed E-state index contributed by atoms with van der Waals surface area (Å²) in [6.45, 7) is 5.04. The minimum atomic E-state index is 0. The van der Waals surface area contributed by atoms with E-state index in [9.17, 15) is 0 Å². The van der Waals surface area contributed by atoms with E-state index in [1.807, 2.05) is 19.1 Å². The summed E-state index contributed by atoms with van der Waals surface area (Å²) in [4.78, 5) is 4.48. The highest BCUT2D eigenvalue weighted by atomic mass is 127. The van der Waals surface area contributed by atoms with Crippen molar-refractivity contribution in [1.29, 1.82) is 0 Å². The molecule has 0 aliphatic heterocycles. The quantitative estimate of drug-likeness (QED) is 0.284. The van der Waals surface area contributed by atoms with Crippen LogP contribution in [-0.4, -0.2) is 32.3 Å². The predicted octanol–water partition coefficient (Wildman–Crippen LogP) is 3.32. The zero-order valence-electron chi connectivity index (χ0n) is 13.0. The monoisotopic (exact) mass is 437 g/mol. The number of nitrogens with zero attached hydrogens (tertiary/aromatic N) is 1. The maximum Gasteiger partial charge on any atom is 0.188 e. The van der Waals surface area contributed by atoms with Crippen LogP contribution in [-0.2, 0) is 10.2 Å². The average Bonchev–Trinajstić information content (AvgIpc) is 3.27. The lowest BCUT2D eigenvalue weighted by Gasteiger charge is -2.14. The standard InChI is InChI=1S/C16H24ClN3O.HI/c1-2-21-11-3-10-19-15(18)20-12-16(8-9-16)13-4-6-14(17)7-5-13;/h4-7H,2-3,8-12H2,1H3,(H3,18,19,20);1H. The molecule has 1 aliphatic carbocycles. The molecule has 6 heteroatoms. The Balaban J connectivity index is 0.00000242. The molecule has 22 heavy (non-hydrogen) atoms. The minimum absolute atomic E-state index is 0. The molecule has 3 N–H and O–H groups in total. The summed E-state index contributed by atoms with van der Waals surface area (Å²) in [5.41, 5.74) is 7.38. The Labute approximate surface area is 154 Å². The second kappa shape index (κ2) is 9.57. The van der Waals surface area contributed by atoms with Crippen LogP contribution in [0, 0.1) is 0 Å². The van der Waals surface area contributed by atoms with Gasteiger partial charge in [-0.3, -0.25) is 4.99 Å². The molecular formula is C16H25ClIN3O. The van der Waals surface area contributed by atoms with Crippen molar-refractivity contribution in [2.45, 2.75) is 31.6 Å². The maximum absolute atomic E-state index is 5.94. The van der Waals surface area contributed by atoms with Crippen LogP contribution in [0.25, 0.3) is 0 Å². The van der Waals surface area contributed by atoms with E-state index in [1.54, 1.807) is 0 Å². The second-order valence-electron chi connectivity index (χ2n) is 5.47. The highest BCUT2D eigenvalue weighted by Gasteiger charge is 2.44. The molecule has 1 aliphatic rings. The van der Waals surface area contributed by atoms with Crippen molar-refractivity contribution in [2.75, 3.05) is 26.3 Å². The summed E-state index contributed by atoms with van der Waals surface area (Å²) in [5, 5.41) is 3.90. The zero-order chi connectivity index (χ0) is 15.1. The van der Waals surface area contributed by atoms with Crippen molar-refractivity contribution in [2.24, 2.45) is 10.7 Å². The van der Waals surface area contributed by atoms with Gasteiger partial charge in [0.25, 0.3) is 0 Å². The molecule has 0 amide bonds. The Morgan fingerprint density at radius 1 is 1.36 bits per heavy atom. The van der Waals surface area contributed by atoms with Crippen molar-refractivity contribution in [1.82, 2.24) is 5.32 Å². The Hall–Kier alpha value is -0.530. The van der Waals surface area contributed by atoms with Crippen molar-refractivity contribution < 1.29 is 4.74 Å². The lowest BCUT2D eigenvalue weighted by atomic mass is 9.96. The molecule has 0 spiro atoms. The molecule has 124 valence electrons. The van der Waals surface area contributed by atoms with Gasteiger partial charge in [0.2, 0.25) is 0 Å². The summed E-state index contributed by atoms with van der Waals surface area (Å²) in [6.07, 6.45) is 3.26. The molecule has 1 saturated carbocycles. The van der Waals surface area contributed by atoms with Crippen LogP contribution in [0.2, 0.25) is 5.02 Å². The Morgan fingerprint density at radius 3 is 2.64 bits per heavy atom. The lowest BCUT2D eigenvalue weighted by molar-refractivity contribution is 0.145. The van der Waals surface area contributed by atoms with Gasteiger partial charge in [-0.15, -0.1) is 24.0 Å². The number of rotatable bonds is 8. The average molecular weight is 438 g/mol. The van der Waals surface area contributed by atoms with E-state index in [2.05, 4.69) is 22.4 Å². The highest BCUT2D eigenvalue weighted by Crippen LogP contribution is 2.48. The zero-order valence-corrected chi connectivity index (χ0v) is 16.1. The van der Waals surface area contributed by atoms with Crippen molar-refractivity contribution in [3.63, 3.8) is 0 Å². The summed E-state index contributed by atoms with van der Waals surface area (Å²) < 4.78 is 5.28. The molecule has 2 rings (SSSR count). The Bertz CT molecular complexity index is 475. The van der Waals surface area contributed by atoms with E-state index in [4.69, 9.17) is 22.1 Å². The first-order valence-corrected chi connectivity index (χ1v) is 7.92. The number of ether oxygens (including phenoxy) is 1. The van der Waals surface area contributed by atoms with Crippen LogP contribution in [0.3, 0.4) is 0 Å². The normalized spacial score (nSPS) is 16.0. The second-order valence-corrected chi connectivity index (χ2v) is 5.90. The van der Waals surface area contributed by atoms with E-state index in [0.29, 0.717) is 5.96 Å². The molecule has 0 atom stereocenters. The third kappa shape index (κ3) is 5.93. The van der Waals surface area contributed by atoms with Gasteiger partial charge in [0.05, 0.1) is 6.54 Å². The highest BCUT2D eigenvalue weighted by molar-refractivity contribution is 14.0. The number of hydrogen-bond donors (Lipinski definition) is 2. The fourth-order valence-electron chi connectivity index (χ4n) is 2.32. The molecule has 0 aromatic heterocycles. The molecule has 0 bridgehead atoms. The van der Waals surface area contributed by atoms with E-state index in [1.165, 1.54) is 5.56 Å². The van der Waals surface area contributed by atoms with Gasteiger partial charge < -0.3 is 15.8 Å². The van der Waals surface area contributed by atoms with Crippen LogP contribution in [0.1, 0.15) is 31.7 Å². The molecule has 0 unspecified atom stereocenters. The van der Waals surface area contributed by atoms with Gasteiger partial charge in [0, 0.05) is 30.2 Å². The molecule has 1 aromatic rings. The van der Waals surface area contributed by atoms with Crippen molar-refractivity contribution >= 4 is 41.5 Å². The summed E-state index contributed by atoms with van der Waals surface area (Å²) in [5.74, 6) is 0.520. The van der Waals surface area contributed by atoms with Gasteiger partial charge in [0.1, 0.15) is 0 Å². The summed E-state index contributed by atoms with van der Waals surface area (Å²) in [7, 11) is 0. The van der Waals surface area contributed by atoms with E-state index in [-0.39, 0.29) is 29.4 Å². The van der Waals surface area contributed by atoms with Crippen LogP contribution in [0.15, 0.2) is 29.3 Å². The van der Waals surface area contributed by atoms with Crippen LogP contribution in [0.5, 0.6) is 0 Å². The predicted molar refractivity (Wildman–Crippen MR) is 103 cm³/mol. The smallest absolute Gasteiger partial charge is 0.188 e. The van der Waals surface area contributed by atoms with Gasteiger partial charge in [-0.05, 0) is 43.9 Å². The van der Waals surface area contributed by atoms with Crippen LogP contribution >= 0.6 is 35.6 Å². The lowest BCUT2D eigenvalue weighted by Crippen LogP contribution is -2.33. The number of nitrogens with one attached hydrogen (secondary N) is 1. The summed E-state index contributed by atoms with van der Waals surface area (Å²) >= 11 is 5.94. The molecule has 1 aromatic carbocycles. The van der Waals surface area contributed by atoms with Crippen LogP contribution in [0.4, 0.5) is 0 Å². The molecule has 0 radical (unpaired) electrons. The molecule has 4 nitrogen and oxygen atoms in total. The molecule has 1 fully saturated rings. The number of nitrogens with two attached hydrogens (primary N) is 1. The number of hydrogen-bond acceptors (Lipinski definition) is 2. The fourth-order valence-corrected chi connectivity index (χ4v) is 2.45. The van der Waals surface area contributed by atoms with E-state index in [0.717, 1.165) is 50.6 Å². The third-order valence-electron chi connectivity index (χ3n) is 3.84. The third-order valence-corrected chi connectivity index (χ3v) is 4.09. The number of halogens is 2. The van der Waals surface area contributed by atoms with Crippen molar-refractivity contribution in [3.05, 3.63) is 34.9 Å². The number of benzene rings is 1. The minimum Gasteiger partial charge on any atom is -0.382 e. The van der Waals surface area contributed by atoms with Gasteiger partial charge in [-0.2, -0.15) is 0 Å². The van der Waals surface area contributed by atoms with E-state index >= 15 is 0 Å². The summed E-state index contributed by atoms with van der Waals surface area (Å²) in [6, 6.07) is 8.07. The molecule has 0 heterocycles. The maximum atomic E-state index is 5.94. The Kier molecular flexibility index (Phi) is 8.49. The first-order chi connectivity index (χ1) is 10.2. The fraction of sp³-hybridized carbons (Fsp3) is 0.562. The van der Waals surface area contributed by atoms with E-state index < -0.39 is 0 Å². The first-order valence-electron chi connectivity index (χ1n) is 7.54.